The summed E-state index contributed by atoms with van der Waals surface area (Å²) in [5, 5.41) is 7.91. The molecule has 0 radical (unpaired) electrons. The van der Waals surface area contributed by atoms with Crippen molar-refractivity contribution in [2.75, 3.05) is 6.54 Å². The van der Waals surface area contributed by atoms with E-state index in [0.717, 1.165) is 5.56 Å². The number of hydrogen-bond acceptors (Lipinski definition) is 5. The van der Waals surface area contributed by atoms with Crippen LogP contribution in [-0.2, 0) is 25.5 Å². The van der Waals surface area contributed by atoms with Crippen molar-refractivity contribution in [1.82, 2.24) is 16.0 Å². The number of nitrogens with one attached hydrogen (secondary N) is 3. The number of hydrogen-bond donors (Lipinski definition) is 3. The minimum atomic E-state index is -0.909. The largest absolute Gasteiger partial charge is 0.447 e. The van der Waals surface area contributed by atoms with Crippen molar-refractivity contribution in [3.8, 4) is 0 Å². The normalized spacial score (nSPS) is 18.1. The van der Waals surface area contributed by atoms with Crippen LogP contribution in [0.2, 0.25) is 0 Å². The molecule has 28 heavy (non-hydrogen) atoms. The Hall–Kier alpha value is -2.90. The van der Waals surface area contributed by atoms with Crippen molar-refractivity contribution in [1.29, 1.82) is 0 Å². The van der Waals surface area contributed by atoms with E-state index in [2.05, 4.69) is 16.0 Å². The molecule has 0 aliphatic carbocycles. The van der Waals surface area contributed by atoms with Gasteiger partial charge in [0.05, 0.1) is 12.1 Å². The molecule has 1 fully saturated rings. The first-order valence-corrected chi connectivity index (χ1v) is 9.43. The van der Waals surface area contributed by atoms with Gasteiger partial charge >= 0.3 is 6.09 Å². The van der Waals surface area contributed by atoms with E-state index in [9.17, 15) is 19.2 Å². The topological polar surface area (TPSA) is 114 Å². The Morgan fingerprint density at radius 3 is 2.54 bits per heavy atom. The molecule has 152 valence electrons. The maximum absolute atomic E-state index is 12.8. The SMILES string of the molecule is CC(C)OC(=O)NC(Cc1ccccc1)C(=O)NC(C=O)CC1CCNC1=O. The summed E-state index contributed by atoms with van der Waals surface area (Å²) >= 11 is 0. The highest BCUT2D eigenvalue weighted by molar-refractivity contribution is 5.88. The van der Waals surface area contributed by atoms with Gasteiger partial charge in [-0.2, -0.15) is 0 Å². The molecule has 1 aliphatic rings. The first kappa shape index (κ1) is 21.4. The third-order valence-electron chi connectivity index (χ3n) is 4.43. The molecule has 3 atom stereocenters. The molecule has 0 aromatic heterocycles. The van der Waals surface area contributed by atoms with Gasteiger partial charge in [-0.1, -0.05) is 30.3 Å². The van der Waals surface area contributed by atoms with Crippen molar-refractivity contribution in [3.63, 3.8) is 0 Å². The number of aldehydes is 1. The second-order valence-corrected chi connectivity index (χ2v) is 7.10. The Kier molecular flexibility index (Phi) is 7.98. The molecular formula is C20H27N3O5. The monoisotopic (exact) mass is 389 g/mol. The van der Waals surface area contributed by atoms with Crippen LogP contribution in [0.1, 0.15) is 32.3 Å². The quantitative estimate of drug-likeness (QED) is 0.544. The van der Waals surface area contributed by atoms with Gasteiger partial charge in [0.25, 0.3) is 0 Å². The van der Waals surface area contributed by atoms with E-state index in [1.165, 1.54) is 0 Å². The van der Waals surface area contributed by atoms with Gasteiger partial charge in [-0.3, -0.25) is 9.59 Å². The molecule has 0 spiro atoms. The summed E-state index contributed by atoms with van der Waals surface area (Å²) in [4.78, 5) is 47.9. The molecule has 3 N–H and O–H groups in total. The van der Waals surface area contributed by atoms with Crippen LogP contribution in [0.25, 0.3) is 0 Å². The second kappa shape index (κ2) is 10.4. The second-order valence-electron chi connectivity index (χ2n) is 7.10. The molecule has 3 amide bonds. The number of benzene rings is 1. The first-order valence-electron chi connectivity index (χ1n) is 9.43. The zero-order valence-corrected chi connectivity index (χ0v) is 16.1. The summed E-state index contributed by atoms with van der Waals surface area (Å²) in [6.07, 6.45) is 0.694. The molecule has 1 saturated heterocycles. The van der Waals surface area contributed by atoms with Crippen LogP contribution >= 0.6 is 0 Å². The van der Waals surface area contributed by atoms with Crippen LogP contribution < -0.4 is 16.0 Å². The smallest absolute Gasteiger partial charge is 0.408 e. The molecule has 0 saturated carbocycles. The third-order valence-corrected chi connectivity index (χ3v) is 4.43. The fraction of sp³-hybridized carbons (Fsp3) is 0.500. The van der Waals surface area contributed by atoms with Gasteiger partial charge in [-0.15, -0.1) is 0 Å². The van der Waals surface area contributed by atoms with Crippen LogP contribution in [0.5, 0.6) is 0 Å². The fourth-order valence-corrected chi connectivity index (χ4v) is 3.06. The summed E-state index contributed by atoms with van der Waals surface area (Å²) in [6.45, 7) is 3.99. The molecule has 1 aromatic carbocycles. The number of carbonyl (C=O) groups excluding carboxylic acids is 4. The minimum absolute atomic E-state index is 0.111. The van der Waals surface area contributed by atoms with E-state index in [1.54, 1.807) is 13.8 Å². The van der Waals surface area contributed by atoms with Gasteiger partial charge in [0, 0.05) is 18.9 Å². The van der Waals surface area contributed by atoms with Crippen LogP contribution in [0.3, 0.4) is 0 Å². The lowest BCUT2D eigenvalue weighted by Gasteiger charge is -2.22. The van der Waals surface area contributed by atoms with Gasteiger partial charge in [-0.05, 0) is 32.3 Å². The van der Waals surface area contributed by atoms with Crippen molar-refractivity contribution in [2.24, 2.45) is 5.92 Å². The molecule has 8 heteroatoms. The highest BCUT2D eigenvalue weighted by atomic mass is 16.6. The molecule has 2 rings (SSSR count). The van der Waals surface area contributed by atoms with Crippen LogP contribution in [0.4, 0.5) is 4.79 Å². The maximum atomic E-state index is 12.8. The van der Waals surface area contributed by atoms with Crippen molar-refractivity contribution >= 4 is 24.2 Å². The highest BCUT2D eigenvalue weighted by Gasteiger charge is 2.30. The average Bonchev–Trinajstić information content (AvgIpc) is 3.05. The Bertz CT molecular complexity index is 692. The van der Waals surface area contributed by atoms with Crippen molar-refractivity contribution < 1.29 is 23.9 Å². The zero-order valence-electron chi connectivity index (χ0n) is 16.1. The predicted octanol–water partition coefficient (Wildman–Crippen LogP) is 0.942. The summed E-state index contributed by atoms with van der Waals surface area (Å²) in [5.41, 5.74) is 0.852. The number of alkyl carbamates (subject to hydrolysis) is 1. The summed E-state index contributed by atoms with van der Waals surface area (Å²) in [7, 11) is 0. The number of amides is 3. The van der Waals surface area contributed by atoms with Gasteiger partial charge in [0.1, 0.15) is 12.3 Å². The molecule has 8 nitrogen and oxygen atoms in total. The zero-order chi connectivity index (χ0) is 20.5. The summed E-state index contributed by atoms with van der Waals surface area (Å²) in [6, 6.07) is 7.50. The minimum Gasteiger partial charge on any atom is -0.447 e. The summed E-state index contributed by atoms with van der Waals surface area (Å²) in [5.74, 6) is -0.914. The fourth-order valence-electron chi connectivity index (χ4n) is 3.06. The predicted molar refractivity (Wildman–Crippen MR) is 102 cm³/mol. The molecule has 3 unspecified atom stereocenters. The number of ether oxygens (including phenoxy) is 1. The van der Waals surface area contributed by atoms with E-state index in [4.69, 9.17) is 4.74 Å². The Morgan fingerprint density at radius 2 is 1.96 bits per heavy atom. The highest BCUT2D eigenvalue weighted by Crippen LogP contribution is 2.15. The number of rotatable bonds is 9. The van der Waals surface area contributed by atoms with Gasteiger partial charge in [0.2, 0.25) is 11.8 Å². The van der Waals surface area contributed by atoms with E-state index in [1.807, 2.05) is 30.3 Å². The van der Waals surface area contributed by atoms with Crippen LogP contribution in [-0.4, -0.2) is 48.9 Å². The van der Waals surface area contributed by atoms with Crippen molar-refractivity contribution in [2.45, 2.75) is 51.3 Å². The molecule has 1 aromatic rings. The lowest BCUT2D eigenvalue weighted by Crippen LogP contribution is -2.51. The van der Waals surface area contributed by atoms with Crippen molar-refractivity contribution in [3.05, 3.63) is 35.9 Å². The van der Waals surface area contributed by atoms with Crippen LogP contribution in [0.15, 0.2) is 30.3 Å². The van der Waals surface area contributed by atoms with E-state index in [-0.39, 0.29) is 30.8 Å². The Morgan fingerprint density at radius 1 is 1.25 bits per heavy atom. The van der Waals surface area contributed by atoms with E-state index >= 15 is 0 Å². The average molecular weight is 389 g/mol. The third kappa shape index (κ3) is 6.68. The Balaban J connectivity index is 2.04. The first-order chi connectivity index (χ1) is 13.4. The Labute approximate surface area is 164 Å². The molecule has 1 aliphatic heterocycles. The van der Waals surface area contributed by atoms with Gasteiger partial charge < -0.3 is 25.5 Å². The lowest BCUT2D eigenvalue weighted by molar-refractivity contribution is -0.127. The molecule has 1 heterocycles. The lowest BCUT2D eigenvalue weighted by atomic mass is 9.98. The molecular weight excluding hydrogens is 362 g/mol. The standard InChI is InChI=1S/C20H27N3O5/c1-13(2)28-20(27)23-17(10-14-6-4-3-5-7-14)19(26)22-16(12-24)11-15-8-9-21-18(15)25/h3-7,12-13,15-17H,8-11H2,1-2H3,(H,21,25)(H,22,26)(H,23,27). The maximum Gasteiger partial charge on any atom is 0.408 e. The van der Waals surface area contributed by atoms with Crippen LogP contribution in [0, 0.1) is 5.92 Å². The van der Waals surface area contributed by atoms with Gasteiger partial charge in [0.15, 0.2) is 0 Å². The summed E-state index contributed by atoms with van der Waals surface area (Å²) < 4.78 is 5.07. The molecule has 0 bridgehead atoms. The van der Waals surface area contributed by atoms with E-state index < -0.39 is 24.1 Å². The van der Waals surface area contributed by atoms with E-state index in [0.29, 0.717) is 19.3 Å². The van der Waals surface area contributed by atoms with Gasteiger partial charge in [-0.25, -0.2) is 4.79 Å². The number of carbonyl (C=O) groups is 4.